The van der Waals surface area contributed by atoms with Crippen LogP contribution in [0.15, 0.2) is 23.0 Å². The van der Waals surface area contributed by atoms with Crippen LogP contribution in [0.3, 0.4) is 0 Å². The van der Waals surface area contributed by atoms with Crippen molar-refractivity contribution >= 4 is 17.2 Å². The van der Waals surface area contributed by atoms with Gasteiger partial charge in [0.15, 0.2) is 0 Å². The molecule has 2 heterocycles. The molecule has 124 valence electrons. The standard InChI is InChI=1S/C18H25N3OS/c1-14-12-20-17(21(14)16-6-4-2-3-5-7-16)8-10-19-18(22)15-9-11-23-13-15/h9,11-13,16H,2-8,10H2,1H3,(H,19,22). The van der Waals surface area contributed by atoms with Crippen molar-refractivity contribution in [2.45, 2.75) is 57.9 Å². The van der Waals surface area contributed by atoms with Crippen LogP contribution in [0.4, 0.5) is 0 Å². The number of hydrogen-bond donors (Lipinski definition) is 1. The van der Waals surface area contributed by atoms with Crippen LogP contribution >= 0.6 is 11.3 Å². The molecule has 0 aliphatic heterocycles. The first-order valence-corrected chi connectivity index (χ1v) is 9.53. The van der Waals surface area contributed by atoms with E-state index in [1.807, 2.05) is 23.0 Å². The number of aryl methyl sites for hydroxylation is 1. The lowest BCUT2D eigenvalue weighted by Crippen LogP contribution is -2.26. The number of aromatic nitrogens is 2. The smallest absolute Gasteiger partial charge is 0.252 e. The van der Waals surface area contributed by atoms with E-state index in [0.29, 0.717) is 12.6 Å². The molecule has 0 saturated heterocycles. The molecule has 0 bridgehead atoms. The number of imidazole rings is 1. The molecule has 1 fully saturated rings. The van der Waals surface area contributed by atoms with Gasteiger partial charge in [-0.25, -0.2) is 4.98 Å². The molecule has 4 nitrogen and oxygen atoms in total. The van der Waals surface area contributed by atoms with Crippen LogP contribution in [-0.4, -0.2) is 22.0 Å². The van der Waals surface area contributed by atoms with Crippen molar-refractivity contribution in [2.75, 3.05) is 6.54 Å². The zero-order chi connectivity index (χ0) is 16.1. The van der Waals surface area contributed by atoms with Crippen LogP contribution < -0.4 is 5.32 Å². The van der Waals surface area contributed by atoms with E-state index in [4.69, 9.17) is 0 Å². The average Bonchev–Trinajstić information content (AvgIpc) is 3.12. The van der Waals surface area contributed by atoms with Gasteiger partial charge in [0.25, 0.3) is 5.91 Å². The van der Waals surface area contributed by atoms with Crippen LogP contribution in [0.25, 0.3) is 0 Å². The molecule has 0 radical (unpaired) electrons. The third kappa shape index (κ3) is 4.02. The quantitative estimate of drug-likeness (QED) is 0.838. The molecule has 2 aromatic rings. The first kappa shape index (κ1) is 16.2. The topological polar surface area (TPSA) is 46.9 Å². The van der Waals surface area contributed by atoms with Gasteiger partial charge in [0, 0.05) is 41.8 Å². The maximum atomic E-state index is 12.0. The Labute approximate surface area is 141 Å². The fourth-order valence-corrected chi connectivity index (χ4v) is 4.12. The maximum Gasteiger partial charge on any atom is 0.252 e. The summed E-state index contributed by atoms with van der Waals surface area (Å²) in [5.74, 6) is 1.12. The predicted molar refractivity (Wildman–Crippen MR) is 94.1 cm³/mol. The van der Waals surface area contributed by atoms with Crippen LogP contribution in [0, 0.1) is 6.92 Å². The Morgan fingerprint density at radius 2 is 2.13 bits per heavy atom. The number of carbonyl (C=O) groups is 1. The number of nitrogens with zero attached hydrogens (tertiary/aromatic N) is 2. The predicted octanol–water partition coefficient (Wildman–Crippen LogP) is 4.12. The van der Waals surface area contributed by atoms with Gasteiger partial charge in [-0.2, -0.15) is 11.3 Å². The highest BCUT2D eigenvalue weighted by Crippen LogP contribution is 2.29. The van der Waals surface area contributed by atoms with E-state index in [0.717, 1.165) is 17.8 Å². The lowest BCUT2D eigenvalue weighted by Gasteiger charge is -2.21. The number of hydrogen-bond acceptors (Lipinski definition) is 3. The van der Waals surface area contributed by atoms with Gasteiger partial charge in [-0.15, -0.1) is 0 Å². The zero-order valence-corrected chi connectivity index (χ0v) is 14.6. The van der Waals surface area contributed by atoms with Crippen LogP contribution in [0.5, 0.6) is 0 Å². The van der Waals surface area contributed by atoms with Gasteiger partial charge in [0.2, 0.25) is 0 Å². The summed E-state index contributed by atoms with van der Waals surface area (Å²) in [4.78, 5) is 16.6. The highest BCUT2D eigenvalue weighted by Gasteiger charge is 2.19. The Bertz CT molecular complexity index is 625. The molecule has 2 aromatic heterocycles. The average molecular weight is 331 g/mol. The molecule has 0 unspecified atom stereocenters. The second kappa shape index (κ2) is 7.77. The van der Waals surface area contributed by atoms with Gasteiger partial charge < -0.3 is 9.88 Å². The first-order valence-electron chi connectivity index (χ1n) is 8.59. The van der Waals surface area contributed by atoms with Crippen molar-refractivity contribution in [3.63, 3.8) is 0 Å². The molecule has 3 rings (SSSR count). The molecule has 23 heavy (non-hydrogen) atoms. The minimum atomic E-state index is 0.00976. The fourth-order valence-electron chi connectivity index (χ4n) is 3.48. The second-order valence-corrected chi connectivity index (χ2v) is 7.13. The summed E-state index contributed by atoms with van der Waals surface area (Å²) < 4.78 is 2.42. The summed E-state index contributed by atoms with van der Waals surface area (Å²) in [5.41, 5.74) is 1.99. The fraction of sp³-hybridized carbons (Fsp3) is 0.556. The molecule has 1 aliphatic carbocycles. The molecule has 1 amide bonds. The zero-order valence-electron chi connectivity index (χ0n) is 13.8. The number of thiophene rings is 1. The third-order valence-corrected chi connectivity index (χ3v) is 5.35. The third-order valence-electron chi connectivity index (χ3n) is 4.67. The van der Waals surface area contributed by atoms with Gasteiger partial charge in [-0.3, -0.25) is 4.79 Å². The van der Waals surface area contributed by atoms with Gasteiger partial charge in [0.05, 0.1) is 0 Å². The Balaban J connectivity index is 1.61. The Morgan fingerprint density at radius 3 is 2.83 bits per heavy atom. The second-order valence-electron chi connectivity index (χ2n) is 6.35. The maximum absolute atomic E-state index is 12.0. The van der Waals surface area contributed by atoms with Gasteiger partial charge in [-0.05, 0) is 31.2 Å². The summed E-state index contributed by atoms with van der Waals surface area (Å²) in [6.45, 7) is 2.78. The Kier molecular flexibility index (Phi) is 5.49. The minimum Gasteiger partial charge on any atom is -0.352 e. The van der Waals surface area contributed by atoms with Crippen molar-refractivity contribution in [1.82, 2.24) is 14.9 Å². The van der Waals surface area contributed by atoms with Gasteiger partial charge in [-0.1, -0.05) is 25.7 Å². The van der Waals surface area contributed by atoms with Gasteiger partial charge in [0.1, 0.15) is 5.82 Å². The monoisotopic (exact) mass is 331 g/mol. The first-order chi connectivity index (χ1) is 11.3. The molecule has 0 spiro atoms. The normalized spacial score (nSPS) is 16.2. The van der Waals surface area contributed by atoms with Gasteiger partial charge >= 0.3 is 0 Å². The number of amides is 1. The Hall–Kier alpha value is -1.62. The Morgan fingerprint density at radius 1 is 1.35 bits per heavy atom. The molecule has 1 aliphatic rings. The van der Waals surface area contributed by atoms with Crippen molar-refractivity contribution in [3.8, 4) is 0 Å². The van der Waals surface area contributed by atoms with E-state index in [2.05, 4.69) is 21.8 Å². The van der Waals surface area contributed by atoms with Crippen molar-refractivity contribution in [3.05, 3.63) is 40.1 Å². The summed E-state index contributed by atoms with van der Waals surface area (Å²) in [6.07, 6.45) is 10.6. The van der Waals surface area contributed by atoms with E-state index in [9.17, 15) is 4.79 Å². The summed E-state index contributed by atoms with van der Waals surface area (Å²) in [5, 5.41) is 6.81. The number of rotatable bonds is 5. The number of carbonyl (C=O) groups excluding carboxylic acids is 1. The van der Waals surface area contributed by atoms with E-state index in [1.165, 1.54) is 44.2 Å². The molecule has 0 aromatic carbocycles. The summed E-state index contributed by atoms with van der Waals surface area (Å²) in [7, 11) is 0. The van der Waals surface area contributed by atoms with E-state index in [-0.39, 0.29) is 5.91 Å². The molecular weight excluding hydrogens is 306 g/mol. The molecule has 1 N–H and O–H groups in total. The van der Waals surface area contributed by atoms with Crippen LogP contribution in [0.1, 0.15) is 66.4 Å². The minimum absolute atomic E-state index is 0.00976. The van der Waals surface area contributed by atoms with E-state index < -0.39 is 0 Å². The van der Waals surface area contributed by atoms with Crippen molar-refractivity contribution in [1.29, 1.82) is 0 Å². The van der Waals surface area contributed by atoms with Crippen molar-refractivity contribution in [2.24, 2.45) is 0 Å². The highest BCUT2D eigenvalue weighted by molar-refractivity contribution is 7.08. The lowest BCUT2D eigenvalue weighted by atomic mass is 10.1. The van der Waals surface area contributed by atoms with E-state index >= 15 is 0 Å². The van der Waals surface area contributed by atoms with E-state index in [1.54, 1.807) is 11.3 Å². The summed E-state index contributed by atoms with van der Waals surface area (Å²) >= 11 is 1.55. The lowest BCUT2D eigenvalue weighted by molar-refractivity contribution is 0.0954. The molecular formula is C18H25N3OS. The van der Waals surface area contributed by atoms with Crippen molar-refractivity contribution < 1.29 is 4.79 Å². The highest BCUT2D eigenvalue weighted by atomic mass is 32.1. The van der Waals surface area contributed by atoms with Crippen LogP contribution in [-0.2, 0) is 6.42 Å². The number of nitrogens with one attached hydrogen (secondary N) is 1. The molecule has 1 saturated carbocycles. The largest absolute Gasteiger partial charge is 0.352 e. The van der Waals surface area contributed by atoms with Crippen LogP contribution in [0.2, 0.25) is 0 Å². The SMILES string of the molecule is Cc1cnc(CCNC(=O)c2ccsc2)n1C1CCCCCC1. The summed E-state index contributed by atoms with van der Waals surface area (Å²) in [6, 6.07) is 2.44. The molecule has 0 atom stereocenters. The molecule has 5 heteroatoms.